The molecule has 0 unspecified atom stereocenters. The second-order valence-corrected chi connectivity index (χ2v) is 7.73. The molecule has 30 heavy (non-hydrogen) atoms. The topological polar surface area (TPSA) is 49.4 Å². The van der Waals surface area contributed by atoms with Crippen LogP contribution in [-0.4, -0.2) is 23.3 Å². The lowest BCUT2D eigenvalue weighted by molar-refractivity contribution is 0.0734. The van der Waals surface area contributed by atoms with Crippen LogP contribution in [0.25, 0.3) is 0 Å². The van der Waals surface area contributed by atoms with Crippen molar-refractivity contribution in [2.45, 2.75) is 32.7 Å². The molecule has 0 saturated heterocycles. The van der Waals surface area contributed by atoms with Crippen molar-refractivity contribution in [3.05, 3.63) is 101 Å². The van der Waals surface area contributed by atoms with E-state index < -0.39 is 0 Å². The molecular formula is C26H26N2O2. The van der Waals surface area contributed by atoms with Gasteiger partial charge in [0.2, 0.25) is 0 Å². The fourth-order valence-electron chi connectivity index (χ4n) is 3.89. The zero-order valence-electron chi connectivity index (χ0n) is 17.2. The summed E-state index contributed by atoms with van der Waals surface area (Å²) in [6.45, 7) is 3.40. The number of carbonyl (C=O) groups is 2. The van der Waals surface area contributed by atoms with Crippen molar-refractivity contribution in [1.29, 1.82) is 0 Å². The van der Waals surface area contributed by atoms with E-state index >= 15 is 0 Å². The van der Waals surface area contributed by atoms with Crippen molar-refractivity contribution in [2.24, 2.45) is 0 Å². The third kappa shape index (κ3) is 4.43. The molecule has 3 aromatic rings. The molecule has 4 rings (SSSR count). The fourth-order valence-corrected chi connectivity index (χ4v) is 3.89. The zero-order chi connectivity index (χ0) is 20.9. The number of rotatable bonds is 5. The zero-order valence-corrected chi connectivity index (χ0v) is 17.2. The summed E-state index contributed by atoms with van der Waals surface area (Å²) in [5, 5.41) is 2.99. The lowest BCUT2D eigenvalue weighted by Crippen LogP contribution is -2.36. The van der Waals surface area contributed by atoms with Crippen LogP contribution in [0.4, 0.5) is 5.69 Å². The number of nitrogens with zero attached hydrogens (tertiary/aromatic N) is 1. The molecular weight excluding hydrogens is 372 g/mol. The Hall–Kier alpha value is -3.40. The van der Waals surface area contributed by atoms with E-state index in [0.717, 1.165) is 30.5 Å². The number of nitrogens with one attached hydrogen (secondary N) is 1. The van der Waals surface area contributed by atoms with Gasteiger partial charge >= 0.3 is 0 Å². The molecule has 0 atom stereocenters. The monoisotopic (exact) mass is 398 g/mol. The number of benzene rings is 3. The Morgan fingerprint density at radius 2 is 1.67 bits per heavy atom. The van der Waals surface area contributed by atoms with E-state index in [1.54, 1.807) is 0 Å². The Morgan fingerprint density at radius 3 is 2.40 bits per heavy atom. The smallest absolute Gasteiger partial charge is 0.255 e. The average molecular weight is 399 g/mol. The second-order valence-electron chi connectivity index (χ2n) is 7.73. The Kier molecular flexibility index (Phi) is 5.94. The average Bonchev–Trinajstić information content (AvgIpc) is 2.79. The lowest BCUT2D eigenvalue weighted by atomic mass is 9.98. The number of hydrogen-bond donors (Lipinski definition) is 1. The molecule has 0 bridgehead atoms. The maximum Gasteiger partial charge on any atom is 0.255 e. The molecule has 0 radical (unpaired) electrons. The highest BCUT2D eigenvalue weighted by atomic mass is 16.2. The van der Waals surface area contributed by atoms with Crippen molar-refractivity contribution in [1.82, 2.24) is 4.90 Å². The minimum Gasteiger partial charge on any atom is -0.334 e. The van der Waals surface area contributed by atoms with Gasteiger partial charge in [-0.05, 0) is 65.9 Å². The lowest BCUT2D eigenvalue weighted by Gasteiger charge is -2.29. The van der Waals surface area contributed by atoms with E-state index in [9.17, 15) is 9.59 Å². The molecule has 0 spiro atoms. The van der Waals surface area contributed by atoms with Gasteiger partial charge in [-0.25, -0.2) is 0 Å². The SMILES string of the molecule is CCCc1ccc(C(=O)Nc2ccc3c(c2)CN(C(=O)c2ccccc2)CC3)cc1. The molecule has 1 heterocycles. The molecule has 0 aromatic heterocycles. The molecule has 1 N–H and O–H groups in total. The molecule has 152 valence electrons. The molecule has 1 aliphatic rings. The summed E-state index contributed by atoms with van der Waals surface area (Å²) < 4.78 is 0. The summed E-state index contributed by atoms with van der Waals surface area (Å²) in [7, 11) is 0. The number of carbonyl (C=O) groups excluding carboxylic acids is 2. The normalized spacial score (nSPS) is 12.9. The van der Waals surface area contributed by atoms with Crippen LogP contribution in [0.2, 0.25) is 0 Å². The van der Waals surface area contributed by atoms with E-state index in [0.29, 0.717) is 24.2 Å². The highest BCUT2D eigenvalue weighted by Crippen LogP contribution is 2.24. The van der Waals surface area contributed by atoms with Crippen LogP contribution >= 0.6 is 0 Å². The van der Waals surface area contributed by atoms with Crippen LogP contribution in [0.15, 0.2) is 72.8 Å². The summed E-state index contributed by atoms with van der Waals surface area (Å²) in [6.07, 6.45) is 2.93. The largest absolute Gasteiger partial charge is 0.334 e. The summed E-state index contributed by atoms with van der Waals surface area (Å²) >= 11 is 0. The number of anilines is 1. The van der Waals surface area contributed by atoms with Gasteiger partial charge in [-0.15, -0.1) is 0 Å². The maximum atomic E-state index is 12.8. The van der Waals surface area contributed by atoms with E-state index in [1.165, 1.54) is 11.1 Å². The fraction of sp³-hybridized carbons (Fsp3) is 0.231. The summed E-state index contributed by atoms with van der Waals surface area (Å²) in [5.74, 6) is -0.0751. The maximum absolute atomic E-state index is 12.8. The highest BCUT2D eigenvalue weighted by molar-refractivity contribution is 6.04. The first-order valence-corrected chi connectivity index (χ1v) is 10.5. The van der Waals surface area contributed by atoms with Crippen LogP contribution in [0.1, 0.15) is 50.8 Å². The summed E-state index contributed by atoms with van der Waals surface area (Å²) in [6, 6.07) is 23.1. The Bertz CT molecular complexity index is 1040. The van der Waals surface area contributed by atoms with Crippen LogP contribution in [0.3, 0.4) is 0 Å². The van der Waals surface area contributed by atoms with Crippen molar-refractivity contribution < 1.29 is 9.59 Å². The predicted molar refractivity (Wildman–Crippen MR) is 120 cm³/mol. The third-order valence-corrected chi connectivity index (χ3v) is 5.54. The van der Waals surface area contributed by atoms with Crippen molar-refractivity contribution >= 4 is 17.5 Å². The van der Waals surface area contributed by atoms with Crippen molar-refractivity contribution in [3.8, 4) is 0 Å². The molecule has 0 saturated carbocycles. The molecule has 3 aromatic carbocycles. The molecule has 2 amide bonds. The van der Waals surface area contributed by atoms with Crippen LogP contribution in [-0.2, 0) is 19.4 Å². The van der Waals surface area contributed by atoms with Gasteiger partial charge in [0.1, 0.15) is 0 Å². The van der Waals surface area contributed by atoms with Crippen LogP contribution < -0.4 is 5.32 Å². The first kappa shape index (κ1) is 19.9. The molecule has 4 nitrogen and oxygen atoms in total. The van der Waals surface area contributed by atoms with Crippen molar-refractivity contribution in [2.75, 3.05) is 11.9 Å². The van der Waals surface area contributed by atoms with Gasteiger partial charge < -0.3 is 10.2 Å². The summed E-state index contributed by atoms with van der Waals surface area (Å²) in [5.41, 5.74) is 5.66. The summed E-state index contributed by atoms with van der Waals surface area (Å²) in [4.78, 5) is 27.3. The van der Waals surface area contributed by atoms with E-state index in [1.807, 2.05) is 71.6 Å². The second kappa shape index (κ2) is 8.95. The number of amides is 2. The standard InChI is InChI=1S/C26H26N2O2/c1-2-6-19-9-11-21(12-10-19)25(29)27-24-14-13-20-15-16-28(18-23(20)17-24)26(30)22-7-4-3-5-8-22/h3-5,7-14,17H,2,6,15-16,18H2,1H3,(H,27,29). The van der Waals surface area contributed by atoms with Gasteiger partial charge in [-0.3, -0.25) is 9.59 Å². The number of aryl methyl sites for hydroxylation is 1. The van der Waals surface area contributed by atoms with Gasteiger partial charge in [0.25, 0.3) is 11.8 Å². The van der Waals surface area contributed by atoms with Gasteiger partial charge in [0.05, 0.1) is 0 Å². The minimum absolute atomic E-state index is 0.0443. The molecule has 4 heteroatoms. The van der Waals surface area contributed by atoms with E-state index in [4.69, 9.17) is 0 Å². The minimum atomic E-state index is -0.119. The Labute approximate surface area is 177 Å². The molecule has 1 aliphatic heterocycles. The van der Waals surface area contributed by atoms with Gasteiger partial charge in [0, 0.05) is 29.9 Å². The van der Waals surface area contributed by atoms with Crippen LogP contribution in [0.5, 0.6) is 0 Å². The first-order valence-electron chi connectivity index (χ1n) is 10.5. The van der Waals surface area contributed by atoms with Gasteiger partial charge in [0.15, 0.2) is 0 Å². The van der Waals surface area contributed by atoms with Crippen LogP contribution in [0, 0.1) is 0 Å². The van der Waals surface area contributed by atoms with Gasteiger partial charge in [-0.2, -0.15) is 0 Å². The number of hydrogen-bond acceptors (Lipinski definition) is 2. The quantitative estimate of drug-likeness (QED) is 0.651. The molecule has 0 fully saturated rings. The number of fused-ring (bicyclic) bond motifs is 1. The molecule has 0 aliphatic carbocycles. The predicted octanol–water partition coefficient (Wildman–Crippen LogP) is 5.09. The Morgan fingerprint density at radius 1 is 0.900 bits per heavy atom. The van der Waals surface area contributed by atoms with E-state index in [-0.39, 0.29) is 11.8 Å². The first-order chi connectivity index (χ1) is 14.6. The van der Waals surface area contributed by atoms with Crippen molar-refractivity contribution in [3.63, 3.8) is 0 Å². The third-order valence-electron chi connectivity index (χ3n) is 5.54. The highest BCUT2D eigenvalue weighted by Gasteiger charge is 2.22. The van der Waals surface area contributed by atoms with E-state index in [2.05, 4.69) is 18.3 Å². The van der Waals surface area contributed by atoms with Gasteiger partial charge in [-0.1, -0.05) is 49.7 Å². The Balaban J connectivity index is 1.46.